The SMILES string of the molecule is CC(=O)OC1(C)C=C1. The van der Waals surface area contributed by atoms with Crippen molar-refractivity contribution in [3.8, 4) is 0 Å². The molecule has 0 aromatic heterocycles. The van der Waals surface area contributed by atoms with Gasteiger partial charge in [-0.05, 0) is 19.1 Å². The zero-order valence-electron chi connectivity index (χ0n) is 4.97. The minimum atomic E-state index is -0.328. The van der Waals surface area contributed by atoms with E-state index in [2.05, 4.69) is 0 Å². The largest absolute Gasteiger partial charge is 0.451 e. The molecular formula is C6H8O2. The van der Waals surface area contributed by atoms with Crippen LogP contribution in [0.5, 0.6) is 0 Å². The standard InChI is InChI=1S/C6H8O2/c1-5(7)8-6(2)3-4-6/h3-4H,1-2H3. The van der Waals surface area contributed by atoms with Gasteiger partial charge in [0.15, 0.2) is 0 Å². The number of carbonyl (C=O) groups is 1. The van der Waals surface area contributed by atoms with Gasteiger partial charge in [0, 0.05) is 6.92 Å². The van der Waals surface area contributed by atoms with Gasteiger partial charge in [0.2, 0.25) is 0 Å². The van der Waals surface area contributed by atoms with Crippen LogP contribution >= 0.6 is 0 Å². The summed E-state index contributed by atoms with van der Waals surface area (Å²) >= 11 is 0. The lowest BCUT2D eigenvalue weighted by Gasteiger charge is -2.07. The third-order valence-corrected chi connectivity index (χ3v) is 1.000. The van der Waals surface area contributed by atoms with Crippen LogP contribution in [0.3, 0.4) is 0 Å². The molecule has 0 heterocycles. The molecule has 0 radical (unpaired) electrons. The Labute approximate surface area is 48.1 Å². The van der Waals surface area contributed by atoms with Gasteiger partial charge in [-0.25, -0.2) is 0 Å². The minimum absolute atomic E-state index is 0.225. The van der Waals surface area contributed by atoms with Crippen LogP contribution in [0.25, 0.3) is 0 Å². The summed E-state index contributed by atoms with van der Waals surface area (Å²) in [5.74, 6) is -0.225. The maximum atomic E-state index is 10.2. The number of esters is 1. The van der Waals surface area contributed by atoms with Gasteiger partial charge >= 0.3 is 5.97 Å². The van der Waals surface area contributed by atoms with Crippen molar-refractivity contribution in [3.63, 3.8) is 0 Å². The van der Waals surface area contributed by atoms with E-state index in [0.29, 0.717) is 0 Å². The second-order valence-electron chi connectivity index (χ2n) is 2.11. The molecule has 2 heteroatoms. The molecule has 0 fully saturated rings. The zero-order chi connectivity index (χ0) is 6.20. The van der Waals surface area contributed by atoms with Gasteiger partial charge < -0.3 is 4.74 Å². The molecule has 0 aromatic carbocycles. The summed E-state index contributed by atoms with van der Waals surface area (Å²) in [4.78, 5) is 10.2. The second kappa shape index (κ2) is 1.34. The summed E-state index contributed by atoms with van der Waals surface area (Å²) in [7, 11) is 0. The Bertz CT molecular complexity index is 141. The van der Waals surface area contributed by atoms with Crippen molar-refractivity contribution in [2.45, 2.75) is 19.4 Å². The predicted octanol–water partition coefficient (Wildman–Crippen LogP) is 0.878. The third kappa shape index (κ3) is 1.09. The second-order valence-corrected chi connectivity index (χ2v) is 2.11. The molecule has 0 aliphatic heterocycles. The van der Waals surface area contributed by atoms with Gasteiger partial charge in [0.1, 0.15) is 5.60 Å². The van der Waals surface area contributed by atoms with E-state index in [-0.39, 0.29) is 11.6 Å². The maximum absolute atomic E-state index is 10.2. The highest BCUT2D eigenvalue weighted by Crippen LogP contribution is 2.26. The van der Waals surface area contributed by atoms with Gasteiger partial charge in [-0.2, -0.15) is 0 Å². The first-order valence-electron chi connectivity index (χ1n) is 2.52. The van der Waals surface area contributed by atoms with Crippen LogP contribution < -0.4 is 0 Å². The minimum Gasteiger partial charge on any atom is -0.451 e. The van der Waals surface area contributed by atoms with E-state index in [4.69, 9.17) is 4.74 Å². The lowest BCUT2D eigenvalue weighted by atomic mass is 10.3. The molecule has 0 unspecified atom stereocenters. The monoisotopic (exact) mass is 112 g/mol. The number of carbonyl (C=O) groups excluding carboxylic acids is 1. The molecule has 0 amide bonds. The quantitative estimate of drug-likeness (QED) is 0.371. The molecule has 0 spiro atoms. The smallest absolute Gasteiger partial charge is 0.303 e. The predicted molar refractivity (Wildman–Crippen MR) is 29.3 cm³/mol. The fraction of sp³-hybridized carbons (Fsp3) is 0.500. The zero-order valence-corrected chi connectivity index (χ0v) is 4.97. The molecular weight excluding hydrogens is 104 g/mol. The first-order chi connectivity index (χ1) is 3.62. The maximum Gasteiger partial charge on any atom is 0.303 e. The van der Waals surface area contributed by atoms with Crippen molar-refractivity contribution >= 4 is 5.97 Å². The van der Waals surface area contributed by atoms with Gasteiger partial charge in [0.05, 0.1) is 0 Å². The lowest BCUT2D eigenvalue weighted by molar-refractivity contribution is -0.145. The Morgan fingerprint density at radius 3 is 2.25 bits per heavy atom. The van der Waals surface area contributed by atoms with Crippen LogP contribution in [0.2, 0.25) is 0 Å². The Balaban J connectivity index is 2.31. The van der Waals surface area contributed by atoms with Crippen molar-refractivity contribution in [1.29, 1.82) is 0 Å². The molecule has 0 N–H and O–H groups in total. The number of rotatable bonds is 1. The lowest BCUT2D eigenvalue weighted by Crippen LogP contribution is -2.13. The molecule has 0 aromatic rings. The number of hydrogen-bond acceptors (Lipinski definition) is 2. The molecule has 8 heavy (non-hydrogen) atoms. The fourth-order valence-corrected chi connectivity index (χ4v) is 0.495. The van der Waals surface area contributed by atoms with E-state index in [9.17, 15) is 4.79 Å². The van der Waals surface area contributed by atoms with Crippen LogP contribution in [0.1, 0.15) is 13.8 Å². The van der Waals surface area contributed by atoms with Crippen LogP contribution in [0.4, 0.5) is 0 Å². The Morgan fingerprint density at radius 1 is 1.62 bits per heavy atom. The van der Waals surface area contributed by atoms with Crippen LogP contribution in [0, 0.1) is 0 Å². The van der Waals surface area contributed by atoms with Crippen molar-refractivity contribution in [3.05, 3.63) is 12.2 Å². The van der Waals surface area contributed by atoms with Gasteiger partial charge in [-0.3, -0.25) is 4.79 Å². The van der Waals surface area contributed by atoms with Gasteiger partial charge in [0.25, 0.3) is 0 Å². The fourth-order valence-electron chi connectivity index (χ4n) is 0.495. The van der Waals surface area contributed by atoms with E-state index in [1.54, 1.807) is 0 Å². The Morgan fingerprint density at radius 2 is 2.12 bits per heavy atom. The van der Waals surface area contributed by atoms with E-state index in [0.717, 1.165) is 0 Å². The van der Waals surface area contributed by atoms with Gasteiger partial charge in [-0.1, -0.05) is 0 Å². The summed E-state index contributed by atoms with van der Waals surface area (Å²) in [5.41, 5.74) is -0.328. The topological polar surface area (TPSA) is 26.3 Å². The van der Waals surface area contributed by atoms with Crippen LogP contribution in [0.15, 0.2) is 12.2 Å². The highest BCUT2D eigenvalue weighted by molar-refractivity contribution is 5.68. The highest BCUT2D eigenvalue weighted by Gasteiger charge is 2.30. The summed E-state index contributed by atoms with van der Waals surface area (Å²) in [6.45, 7) is 3.25. The molecule has 0 bridgehead atoms. The Kier molecular flexibility index (Phi) is 0.897. The Hall–Kier alpha value is -0.790. The molecule has 44 valence electrons. The summed E-state index contributed by atoms with van der Waals surface area (Å²) < 4.78 is 4.80. The summed E-state index contributed by atoms with van der Waals surface area (Å²) in [6, 6.07) is 0. The van der Waals surface area contributed by atoms with E-state index in [1.165, 1.54) is 6.92 Å². The van der Waals surface area contributed by atoms with E-state index in [1.807, 2.05) is 19.1 Å². The van der Waals surface area contributed by atoms with Crippen molar-refractivity contribution in [1.82, 2.24) is 0 Å². The molecule has 0 saturated heterocycles. The number of ether oxygens (including phenoxy) is 1. The van der Waals surface area contributed by atoms with Crippen molar-refractivity contribution in [2.75, 3.05) is 0 Å². The normalized spacial score (nSPS) is 20.2. The first kappa shape index (κ1) is 5.35. The average molecular weight is 112 g/mol. The van der Waals surface area contributed by atoms with E-state index < -0.39 is 0 Å². The third-order valence-electron chi connectivity index (χ3n) is 1.000. The summed E-state index contributed by atoms with van der Waals surface area (Å²) in [6.07, 6.45) is 3.68. The molecule has 2 nitrogen and oxygen atoms in total. The average Bonchev–Trinajstić information content (AvgIpc) is 2.17. The molecule has 0 atom stereocenters. The van der Waals surface area contributed by atoms with Crippen LogP contribution in [-0.4, -0.2) is 11.6 Å². The van der Waals surface area contributed by atoms with Crippen molar-refractivity contribution in [2.24, 2.45) is 0 Å². The molecule has 1 aliphatic carbocycles. The van der Waals surface area contributed by atoms with E-state index >= 15 is 0 Å². The molecule has 1 aliphatic rings. The van der Waals surface area contributed by atoms with Gasteiger partial charge in [-0.15, -0.1) is 0 Å². The van der Waals surface area contributed by atoms with Crippen LogP contribution in [-0.2, 0) is 9.53 Å². The molecule has 0 saturated carbocycles. The highest BCUT2D eigenvalue weighted by atomic mass is 16.6. The number of hydrogen-bond donors (Lipinski definition) is 0. The summed E-state index contributed by atoms with van der Waals surface area (Å²) in [5, 5.41) is 0. The molecule has 1 rings (SSSR count). The van der Waals surface area contributed by atoms with Crippen molar-refractivity contribution < 1.29 is 9.53 Å². The first-order valence-corrected chi connectivity index (χ1v) is 2.52.